The summed E-state index contributed by atoms with van der Waals surface area (Å²) in [7, 11) is -4.04. The van der Waals surface area contributed by atoms with Gasteiger partial charge in [-0.05, 0) is 18.2 Å². The molecule has 0 heterocycles. The third-order valence-electron chi connectivity index (χ3n) is 2.08. The smallest absolute Gasteiger partial charge is 0.337 e. The van der Waals surface area contributed by atoms with Gasteiger partial charge >= 0.3 is 11.9 Å². The second kappa shape index (κ2) is 5.15. The zero-order chi connectivity index (χ0) is 13.9. The third-order valence-corrected chi connectivity index (χ3v) is 3.67. The van der Waals surface area contributed by atoms with E-state index in [-0.39, 0.29) is 12.1 Å². The molecular formula is C10H11NO6S. The van der Waals surface area contributed by atoms with Gasteiger partial charge in [0.05, 0.1) is 16.0 Å². The Morgan fingerprint density at radius 1 is 1.22 bits per heavy atom. The molecule has 1 aromatic rings. The molecule has 0 saturated carbocycles. The van der Waals surface area contributed by atoms with Gasteiger partial charge in [0, 0.05) is 6.54 Å². The van der Waals surface area contributed by atoms with E-state index in [9.17, 15) is 18.0 Å². The van der Waals surface area contributed by atoms with Gasteiger partial charge in [-0.25, -0.2) is 22.7 Å². The first-order chi connectivity index (χ1) is 8.29. The third kappa shape index (κ3) is 2.84. The molecule has 0 saturated heterocycles. The maximum absolute atomic E-state index is 11.8. The van der Waals surface area contributed by atoms with Gasteiger partial charge in [-0.1, -0.05) is 6.92 Å². The standard InChI is InChI=1S/C10H11NO6S/c1-2-11-18(16,17)8-5-6(9(12)13)3-4-7(8)10(14)15/h3-5,11H,2H2,1H3,(H,12,13)(H,14,15). The number of benzene rings is 1. The number of carboxylic acid groups (broad SMARTS) is 2. The van der Waals surface area contributed by atoms with Gasteiger partial charge in [0.15, 0.2) is 0 Å². The summed E-state index contributed by atoms with van der Waals surface area (Å²) in [6.07, 6.45) is 0. The summed E-state index contributed by atoms with van der Waals surface area (Å²) >= 11 is 0. The molecule has 1 rings (SSSR count). The van der Waals surface area contributed by atoms with Crippen molar-refractivity contribution in [1.82, 2.24) is 4.72 Å². The van der Waals surface area contributed by atoms with Crippen molar-refractivity contribution in [2.24, 2.45) is 0 Å². The summed E-state index contributed by atoms with van der Waals surface area (Å²) in [5, 5.41) is 17.7. The van der Waals surface area contributed by atoms with Crippen molar-refractivity contribution in [1.29, 1.82) is 0 Å². The molecule has 1 aromatic carbocycles. The summed E-state index contributed by atoms with van der Waals surface area (Å²) in [5.74, 6) is -2.77. The Labute approximate surface area is 103 Å². The van der Waals surface area contributed by atoms with Crippen LogP contribution >= 0.6 is 0 Å². The molecule has 8 heteroatoms. The van der Waals surface area contributed by atoms with Crippen LogP contribution in [0.25, 0.3) is 0 Å². The summed E-state index contributed by atoms with van der Waals surface area (Å²) in [6, 6.07) is 2.82. The lowest BCUT2D eigenvalue weighted by Crippen LogP contribution is -2.25. The number of rotatable bonds is 5. The van der Waals surface area contributed by atoms with Gasteiger partial charge in [0.1, 0.15) is 0 Å². The predicted octanol–water partition coefficient (Wildman–Crippen LogP) is 0.381. The van der Waals surface area contributed by atoms with Crippen LogP contribution in [0.1, 0.15) is 27.6 Å². The van der Waals surface area contributed by atoms with Gasteiger partial charge in [0.25, 0.3) is 0 Å². The molecule has 0 aliphatic carbocycles. The number of nitrogens with one attached hydrogen (secondary N) is 1. The number of hydrogen-bond donors (Lipinski definition) is 3. The summed E-state index contributed by atoms with van der Waals surface area (Å²) < 4.78 is 25.6. The molecule has 0 aliphatic heterocycles. The molecule has 0 fully saturated rings. The monoisotopic (exact) mass is 273 g/mol. The van der Waals surface area contributed by atoms with Gasteiger partial charge in [-0.3, -0.25) is 0 Å². The molecule has 0 unspecified atom stereocenters. The minimum atomic E-state index is -4.04. The molecule has 0 bridgehead atoms. The van der Waals surface area contributed by atoms with Crippen LogP contribution in [0.2, 0.25) is 0 Å². The molecule has 0 amide bonds. The van der Waals surface area contributed by atoms with Crippen LogP contribution in [0.3, 0.4) is 0 Å². The fourth-order valence-corrected chi connectivity index (χ4v) is 2.58. The van der Waals surface area contributed by atoms with Crippen LogP contribution in [0.5, 0.6) is 0 Å². The SMILES string of the molecule is CCNS(=O)(=O)c1cc(C(=O)O)ccc1C(=O)O. The van der Waals surface area contributed by atoms with Gasteiger partial charge in [0.2, 0.25) is 10.0 Å². The fourth-order valence-electron chi connectivity index (χ4n) is 1.32. The molecule has 7 nitrogen and oxygen atoms in total. The van der Waals surface area contributed by atoms with E-state index in [0.717, 1.165) is 18.2 Å². The maximum Gasteiger partial charge on any atom is 0.337 e. The largest absolute Gasteiger partial charge is 0.478 e. The van der Waals surface area contributed by atoms with Crippen molar-refractivity contribution in [3.05, 3.63) is 29.3 Å². The van der Waals surface area contributed by atoms with Crippen molar-refractivity contribution in [2.75, 3.05) is 6.54 Å². The molecule has 0 spiro atoms. The lowest BCUT2D eigenvalue weighted by atomic mass is 10.1. The highest BCUT2D eigenvalue weighted by Crippen LogP contribution is 2.18. The maximum atomic E-state index is 11.8. The van der Waals surface area contributed by atoms with Crippen LogP contribution in [0.15, 0.2) is 23.1 Å². The minimum absolute atomic E-state index is 0.0681. The van der Waals surface area contributed by atoms with Crippen molar-refractivity contribution in [2.45, 2.75) is 11.8 Å². The zero-order valence-corrected chi connectivity index (χ0v) is 10.2. The van der Waals surface area contributed by atoms with Crippen molar-refractivity contribution < 1.29 is 28.2 Å². The van der Waals surface area contributed by atoms with E-state index in [1.165, 1.54) is 6.92 Å². The van der Waals surface area contributed by atoms with E-state index in [2.05, 4.69) is 4.72 Å². The Balaban J connectivity index is 3.51. The van der Waals surface area contributed by atoms with Crippen molar-refractivity contribution in [3.8, 4) is 0 Å². The molecule has 0 aliphatic rings. The minimum Gasteiger partial charge on any atom is -0.478 e. The summed E-state index contributed by atoms with van der Waals surface area (Å²) in [4.78, 5) is 21.1. The van der Waals surface area contributed by atoms with E-state index in [1.807, 2.05) is 0 Å². The van der Waals surface area contributed by atoms with Crippen molar-refractivity contribution >= 4 is 22.0 Å². The normalized spacial score (nSPS) is 11.2. The molecule has 18 heavy (non-hydrogen) atoms. The van der Waals surface area contributed by atoms with Gasteiger partial charge in [-0.15, -0.1) is 0 Å². The number of carbonyl (C=O) groups is 2. The van der Waals surface area contributed by atoms with Crippen LogP contribution in [0, 0.1) is 0 Å². The average Bonchev–Trinajstić information content (AvgIpc) is 2.27. The average molecular weight is 273 g/mol. The topological polar surface area (TPSA) is 121 Å². The van der Waals surface area contributed by atoms with E-state index in [1.54, 1.807) is 0 Å². The van der Waals surface area contributed by atoms with E-state index >= 15 is 0 Å². The number of sulfonamides is 1. The molecule has 0 aromatic heterocycles. The van der Waals surface area contributed by atoms with E-state index < -0.39 is 32.4 Å². The van der Waals surface area contributed by atoms with Crippen molar-refractivity contribution in [3.63, 3.8) is 0 Å². The molecule has 98 valence electrons. The van der Waals surface area contributed by atoms with Gasteiger partial charge < -0.3 is 10.2 Å². The Morgan fingerprint density at radius 2 is 1.83 bits per heavy atom. The zero-order valence-electron chi connectivity index (χ0n) is 9.37. The lowest BCUT2D eigenvalue weighted by Gasteiger charge is -2.08. The lowest BCUT2D eigenvalue weighted by molar-refractivity contribution is 0.0678. The highest BCUT2D eigenvalue weighted by Gasteiger charge is 2.23. The first-order valence-corrected chi connectivity index (χ1v) is 6.38. The summed E-state index contributed by atoms with van der Waals surface area (Å²) in [6.45, 7) is 1.59. The molecular weight excluding hydrogens is 262 g/mol. The first-order valence-electron chi connectivity index (χ1n) is 4.90. The van der Waals surface area contributed by atoms with Crippen LogP contribution in [-0.2, 0) is 10.0 Å². The Hall–Kier alpha value is -1.93. The quantitative estimate of drug-likeness (QED) is 0.713. The number of aromatic carboxylic acids is 2. The van der Waals surface area contributed by atoms with Crippen LogP contribution in [0.4, 0.5) is 0 Å². The summed E-state index contributed by atoms with van der Waals surface area (Å²) in [5.41, 5.74) is -0.766. The van der Waals surface area contributed by atoms with Crippen LogP contribution < -0.4 is 4.72 Å². The van der Waals surface area contributed by atoms with E-state index in [4.69, 9.17) is 10.2 Å². The molecule has 0 radical (unpaired) electrons. The molecule has 0 atom stereocenters. The highest BCUT2D eigenvalue weighted by molar-refractivity contribution is 7.89. The number of carboxylic acids is 2. The molecule has 3 N–H and O–H groups in total. The van der Waals surface area contributed by atoms with Gasteiger partial charge in [-0.2, -0.15) is 0 Å². The second-order valence-electron chi connectivity index (χ2n) is 3.32. The first kappa shape index (κ1) is 14.1. The Kier molecular flexibility index (Phi) is 4.04. The van der Waals surface area contributed by atoms with Crippen LogP contribution in [-0.4, -0.2) is 37.1 Å². The Bertz CT molecular complexity index is 592. The number of hydrogen-bond acceptors (Lipinski definition) is 4. The van der Waals surface area contributed by atoms with E-state index in [0.29, 0.717) is 0 Å². The second-order valence-corrected chi connectivity index (χ2v) is 5.06. The highest BCUT2D eigenvalue weighted by atomic mass is 32.2. The fraction of sp³-hybridized carbons (Fsp3) is 0.200. The Morgan fingerprint density at radius 3 is 2.28 bits per heavy atom. The predicted molar refractivity (Wildman–Crippen MR) is 61.2 cm³/mol.